The smallest absolute Gasteiger partial charge is 0.246 e. The number of hydrogen-bond donors (Lipinski definition) is 2. The van der Waals surface area contributed by atoms with Gasteiger partial charge in [-0.05, 0) is 35.9 Å². The van der Waals surface area contributed by atoms with Gasteiger partial charge in [-0.2, -0.15) is 11.3 Å². The maximum absolute atomic E-state index is 12.1. The van der Waals surface area contributed by atoms with E-state index in [-0.39, 0.29) is 11.9 Å². The van der Waals surface area contributed by atoms with Gasteiger partial charge < -0.3 is 10.6 Å². The van der Waals surface area contributed by atoms with E-state index in [1.54, 1.807) is 11.3 Å². The van der Waals surface area contributed by atoms with Crippen LogP contribution in [0.25, 0.3) is 0 Å². The van der Waals surface area contributed by atoms with Crippen LogP contribution in [0.2, 0.25) is 0 Å². The molecule has 0 spiro atoms. The Balaban J connectivity index is 1.78. The highest BCUT2D eigenvalue weighted by molar-refractivity contribution is 7.08. The van der Waals surface area contributed by atoms with Gasteiger partial charge in [-0.1, -0.05) is 18.2 Å². The normalized spacial score (nSPS) is 18.7. The molecule has 1 aliphatic rings. The molecule has 1 aliphatic heterocycles. The molecule has 3 nitrogen and oxygen atoms in total. The van der Waals surface area contributed by atoms with Gasteiger partial charge >= 0.3 is 0 Å². The lowest BCUT2D eigenvalue weighted by Gasteiger charge is -2.15. The van der Waals surface area contributed by atoms with Gasteiger partial charge in [0.15, 0.2) is 0 Å². The van der Waals surface area contributed by atoms with Crippen LogP contribution in [-0.2, 0) is 11.2 Å². The monoisotopic (exact) mass is 258 g/mol. The predicted octanol–water partition coefficient (Wildman–Crippen LogP) is 3.11. The summed E-state index contributed by atoms with van der Waals surface area (Å²) < 4.78 is 0. The number of nitrogens with one attached hydrogen (secondary N) is 2. The van der Waals surface area contributed by atoms with Crippen LogP contribution in [0.4, 0.5) is 11.4 Å². The lowest BCUT2D eigenvalue weighted by molar-refractivity contribution is -0.116. The Bertz CT molecular complexity index is 551. The number of carbonyl (C=O) groups is 1. The second kappa shape index (κ2) is 4.82. The predicted molar refractivity (Wildman–Crippen MR) is 75.1 cm³/mol. The number of rotatable bonds is 2. The highest BCUT2D eigenvalue weighted by Crippen LogP contribution is 2.23. The Morgan fingerprint density at radius 1 is 1.28 bits per heavy atom. The Hall–Kier alpha value is -1.81. The van der Waals surface area contributed by atoms with Crippen LogP contribution in [0.3, 0.4) is 0 Å². The van der Waals surface area contributed by atoms with E-state index >= 15 is 0 Å². The van der Waals surface area contributed by atoms with Gasteiger partial charge in [0.05, 0.1) is 0 Å². The van der Waals surface area contributed by atoms with E-state index in [4.69, 9.17) is 0 Å². The van der Waals surface area contributed by atoms with E-state index in [1.807, 2.05) is 35.0 Å². The summed E-state index contributed by atoms with van der Waals surface area (Å²) in [5, 5.41) is 10.3. The Morgan fingerprint density at radius 2 is 2.17 bits per heavy atom. The maximum Gasteiger partial charge on any atom is 0.246 e. The van der Waals surface area contributed by atoms with Gasteiger partial charge in [-0.15, -0.1) is 0 Å². The van der Waals surface area contributed by atoms with Gasteiger partial charge in [-0.3, -0.25) is 4.79 Å². The quantitative estimate of drug-likeness (QED) is 0.869. The zero-order valence-corrected chi connectivity index (χ0v) is 10.7. The van der Waals surface area contributed by atoms with Crippen molar-refractivity contribution >= 4 is 28.6 Å². The van der Waals surface area contributed by atoms with Crippen LogP contribution in [0, 0.1) is 0 Å². The highest BCUT2D eigenvalue weighted by Gasteiger charge is 2.23. The number of hydrogen-bond acceptors (Lipinski definition) is 3. The summed E-state index contributed by atoms with van der Waals surface area (Å²) in [7, 11) is 0. The van der Waals surface area contributed by atoms with Crippen molar-refractivity contribution in [2.45, 2.75) is 18.9 Å². The molecule has 4 heteroatoms. The molecule has 92 valence electrons. The molecule has 0 saturated carbocycles. The largest absolute Gasteiger partial charge is 0.373 e. The zero-order valence-electron chi connectivity index (χ0n) is 9.85. The summed E-state index contributed by atoms with van der Waals surface area (Å²) in [4.78, 5) is 12.1. The maximum atomic E-state index is 12.1. The van der Waals surface area contributed by atoms with Gasteiger partial charge in [0.1, 0.15) is 6.04 Å². The number of para-hydroxylation sites is 1. The molecule has 3 rings (SSSR count). The van der Waals surface area contributed by atoms with Crippen LogP contribution in [0.5, 0.6) is 0 Å². The molecule has 1 aromatic heterocycles. The number of benzene rings is 1. The third-order valence-electron chi connectivity index (χ3n) is 3.16. The van der Waals surface area contributed by atoms with Crippen molar-refractivity contribution in [3.05, 3.63) is 46.7 Å². The van der Waals surface area contributed by atoms with Crippen molar-refractivity contribution < 1.29 is 4.79 Å². The molecule has 1 aromatic carbocycles. The molecule has 18 heavy (non-hydrogen) atoms. The van der Waals surface area contributed by atoms with Crippen molar-refractivity contribution in [2.75, 3.05) is 10.6 Å². The summed E-state index contributed by atoms with van der Waals surface area (Å²) >= 11 is 1.63. The number of thiophene rings is 1. The molecule has 1 unspecified atom stereocenters. The molecule has 2 heterocycles. The molecular formula is C14H14N2OS. The summed E-state index contributed by atoms with van der Waals surface area (Å²) in [5.74, 6) is 0.0474. The van der Waals surface area contributed by atoms with E-state index in [9.17, 15) is 4.79 Å². The number of fused-ring (bicyclic) bond motifs is 1. The lowest BCUT2D eigenvalue weighted by atomic mass is 10.1. The second-order valence-electron chi connectivity index (χ2n) is 4.39. The SMILES string of the molecule is O=C1Nc2ccccc2CCC1Nc1ccsc1. The van der Waals surface area contributed by atoms with Crippen LogP contribution in [-0.4, -0.2) is 11.9 Å². The van der Waals surface area contributed by atoms with Crippen molar-refractivity contribution in [2.24, 2.45) is 0 Å². The molecule has 0 bridgehead atoms. The van der Waals surface area contributed by atoms with E-state index < -0.39 is 0 Å². The van der Waals surface area contributed by atoms with Crippen molar-refractivity contribution in [1.82, 2.24) is 0 Å². The van der Waals surface area contributed by atoms with Crippen molar-refractivity contribution in [3.63, 3.8) is 0 Å². The Labute approximate surface area is 110 Å². The van der Waals surface area contributed by atoms with E-state index in [2.05, 4.69) is 16.7 Å². The molecular weight excluding hydrogens is 244 g/mol. The van der Waals surface area contributed by atoms with Crippen LogP contribution < -0.4 is 10.6 Å². The van der Waals surface area contributed by atoms with Gasteiger partial charge in [0, 0.05) is 16.8 Å². The summed E-state index contributed by atoms with van der Waals surface area (Å²) in [6, 6.07) is 9.83. The fraction of sp³-hybridized carbons (Fsp3) is 0.214. The Kier molecular flexibility index (Phi) is 3.02. The number of amides is 1. The molecule has 2 aromatic rings. The van der Waals surface area contributed by atoms with Gasteiger partial charge in [0.25, 0.3) is 0 Å². The zero-order chi connectivity index (χ0) is 12.4. The first-order valence-corrected chi connectivity index (χ1v) is 6.95. The number of carbonyl (C=O) groups excluding carboxylic acids is 1. The number of anilines is 2. The van der Waals surface area contributed by atoms with Gasteiger partial charge in [0.2, 0.25) is 5.91 Å². The first-order chi connectivity index (χ1) is 8.83. The molecule has 0 aliphatic carbocycles. The molecule has 1 atom stereocenters. The molecule has 0 saturated heterocycles. The minimum atomic E-state index is -0.160. The average molecular weight is 258 g/mol. The van der Waals surface area contributed by atoms with Crippen molar-refractivity contribution in [1.29, 1.82) is 0 Å². The van der Waals surface area contributed by atoms with E-state index in [1.165, 1.54) is 5.56 Å². The minimum Gasteiger partial charge on any atom is -0.373 e. The summed E-state index contributed by atoms with van der Waals surface area (Å²) in [5.41, 5.74) is 3.17. The first kappa shape index (κ1) is 11.3. The third kappa shape index (κ3) is 2.24. The molecule has 0 radical (unpaired) electrons. The second-order valence-corrected chi connectivity index (χ2v) is 5.17. The van der Waals surface area contributed by atoms with Crippen LogP contribution in [0.15, 0.2) is 41.1 Å². The summed E-state index contributed by atoms with van der Waals surface area (Å²) in [6.45, 7) is 0. The fourth-order valence-corrected chi connectivity index (χ4v) is 2.79. The lowest BCUT2D eigenvalue weighted by Crippen LogP contribution is -2.33. The van der Waals surface area contributed by atoms with Crippen molar-refractivity contribution in [3.8, 4) is 0 Å². The Morgan fingerprint density at radius 3 is 3.00 bits per heavy atom. The standard InChI is InChI=1S/C14H14N2OS/c17-14-13(15-11-7-8-18-9-11)6-5-10-3-1-2-4-12(10)16-14/h1-4,7-9,13,15H,5-6H2,(H,16,17). The molecule has 0 fully saturated rings. The van der Waals surface area contributed by atoms with Gasteiger partial charge in [-0.25, -0.2) is 0 Å². The fourth-order valence-electron chi connectivity index (χ4n) is 2.20. The van der Waals surface area contributed by atoms with Crippen LogP contribution in [0.1, 0.15) is 12.0 Å². The first-order valence-electron chi connectivity index (χ1n) is 6.00. The van der Waals surface area contributed by atoms with E-state index in [0.717, 1.165) is 24.2 Å². The molecule has 1 amide bonds. The number of aryl methyl sites for hydroxylation is 1. The third-order valence-corrected chi connectivity index (χ3v) is 3.84. The van der Waals surface area contributed by atoms with E-state index in [0.29, 0.717) is 0 Å². The highest BCUT2D eigenvalue weighted by atomic mass is 32.1. The van der Waals surface area contributed by atoms with Crippen LogP contribution >= 0.6 is 11.3 Å². The minimum absolute atomic E-state index is 0.0474. The molecule has 2 N–H and O–H groups in total. The average Bonchev–Trinajstić information content (AvgIpc) is 2.83. The topological polar surface area (TPSA) is 41.1 Å². The summed E-state index contributed by atoms with van der Waals surface area (Å²) in [6.07, 6.45) is 1.73.